The Morgan fingerprint density at radius 2 is 2.29 bits per heavy atom. The molecule has 0 aromatic heterocycles. The zero-order chi connectivity index (χ0) is 12.8. The van der Waals surface area contributed by atoms with E-state index in [9.17, 15) is 4.79 Å². The van der Waals surface area contributed by atoms with Gasteiger partial charge in [-0.3, -0.25) is 4.79 Å². The molecule has 0 spiro atoms. The molecule has 4 nitrogen and oxygen atoms in total. The number of hydrogen-bond donors (Lipinski definition) is 1. The number of nitriles is 1. The third-order valence-electron chi connectivity index (χ3n) is 3.13. The van der Waals surface area contributed by atoms with Gasteiger partial charge in [0, 0.05) is 19.6 Å². The molecule has 0 aromatic rings. The summed E-state index contributed by atoms with van der Waals surface area (Å²) in [6.07, 6.45) is 1.29. The fourth-order valence-corrected chi connectivity index (χ4v) is 2.05. The van der Waals surface area contributed by atoms with Crippen molar-refractivity contribution in [1.82, 2.24) is 10.2 Å². The summed E-state index contributed by atoms with van der Waals surface area (Å²) < 4.78 is 0. The van der Waals surface area contributed by atoms with E-state index in [0.717, 1.165) is 26.1 Å². The third-order valence-corrected chi connectivity index (χ3v) is 3.13. The molecule has 1 aliphatic rings. The van der Waals surface area contributed by atoms with Crippen molar-refractivity contribution < 1.29 is 4.79 Å². The summed E-state index contributed by atoms with van der Waals surface area (Å²) >= 11 is 0. The summed E-state index contributed by atoms with van der Waals surface area (Å²) in [6, 6.07) is 1.78. The predicted molar refractivity (Wildman–Crippen MR) is 67.2 cm³/mol. The predicted octanol–water partition coefficient (Wildman–Crippen LogP) is 1.38. The monoisotopic (exact) mass is 237 g/mol. The first-order valence-corrected chi connectivity index (χ1v) is 6.43. The Morgan fingerprint density at radius 3 is 2.88 bits per heavy atom. The van der Waals surface area contributed by atoms with E-state index in [1.165, 1.54) is 0 Å². The van der Waals surface area contributed by atoms with E-state index in [1.807, 2.05) is 4.90 Å². The van der Waals surface area contributed by atoms with Crippen molar-refractivity contribution in [3.8, 4) is 6.07 Å². The Kier molecular flexibility index (Phi) is 5.43. The molecule has 0 bridgehead atoms. The van der Waals surface area contributed by atoms with Crippen LogP contribution in [0.4, 0.5) is 0 Å². The van der Waals surface area contributed by atoms with Gasteiger partial charge < -0.3 is 10.2 Å². The molecular weight excluding hydrogens is 214 g/mol. The highest BCUT2D eigenvalue weighted by Gasteiger charge is 2.28. The van der Waals surface area contributed by atoms with Crippen LogP contribution in [0.5, 0.6) is 0 Å². The number of amides is 1. The maximum absolute atomic E-state index is 12.2. The Morgan fingerprint density at radius 1 is 1.59 bits per heavy atom. The SMILES string of the molecule is CC(C)CCN1CC(C)CNC(CC#N)C1=O. The van der Waals surface area contributed by atoms with Crippen LogP contribution in [0.25, 0.3) is 0 Å². The van der Waals surface area contributed by atoms with Crippen molar-refractivity contribution in [2.75, 3.05) is 19.6 Å². The Balaban J connectivity index is 2.64. The molecule has 0 aromatic carbocycles. The summed E-state index contributed by atoms with van der Waals surface area (Å²) in [5.74, 6) is 1.15. The zero-order valence-corrected chi connectivity index (χ0v) is 11.1. The fourth-order valence-electron chi connectivity index (χ4n) is 2.05. The summed E-state index contributed by atoms with van der Waals surface area (Å²) in [5, 5.41) is 11.9. The molecular formula is C13H23N3O. The molecule has 96 valence electrons. The van der Waals surface area contributed by atoms with Crippen molar-refractivity contribution in [3.05, 3.63) is 0 Å². The van der Waals surface area contributed by atoms with E-state index in [1.54, 1.807) is 0 Å². The minimum atomic E-state index is -0.308. The molecule has 1 saturated heterocycles. The normalized spacial score (nSPS) is 25.8. The van der Waals surface area contributed by atoms with E-state index in [2.05, 4.69) is 32.2 Å². The lowest BCUT2D eigenvalue weighted by atomic mass is 10.1. The van der Waals surface area contributed by atoms with Gasteiger partial charge in [-0.1, -0.05) is 20.8 Å². The van der Waals surface area contributed by atoms with E-state index >= 15 is 0 Å². The molecule has 0 saturated carbocycles. The van der Waals surface area contributed by atoms with Crippen LogP contribution in [-0.4, -0.2) is 36.5 Å². The van der Waals surface area contributed by atoms with Crippen LogP contribution in [0.3, 0.4) is 0 Å². The Hall–Kier alpha value is -1.08. The van der Waals surface area contributed by atoms with E-state index in [4.69, 9.17) is 5.26 Å². The van der Waals surface area contributed by atoms with Crippen LogP contribution in [0, 0.1) is 23.2 Å². The third kappa shape index (κ3) is 4.35. The first kappa shape index (κ1) is 14.0. The lowest BCUT2D eigenvalue weighted by Crippen LogP contribution is -2.43. The lowest BCUT2D eigenvalue weighted by molar-refractivity contribution is -0.132. The smallest absolute Gasteiger partial charge is 0.240 e. The van der Waals surface area contributed by atoms with Crippen LogP contribution >= 0.6 is 0 Å². The molecule has 1 fully saturated rings. The lowest BCUT2D eigenvalue weighted by Gasteiger charge is -2.25. The molecule has 17 heavy (non-hydrogen) atoms. The number of nitrogens with one attached hydrogen (secondary N) is 1. The molecule has 1 rings (SSSR count). The summed E-state index contributed by atoms with van der Waals surface area (Å²) in [4.78, 5) is 14.1. The number of nitrogens with zero attached hydrogens (tertiary/aromatic N) is 2. The van der Waals surface area contributed by atoms with Crippen LogP contribution < -0.4 is 5.32 Å². The van der Waals surface area contributed by atoms with Crippen LogP contribution in [0.1, 0.15) is 33.6 Å². The van der Waals surface area contributed by atoms with Gasteiger partial charge in [0.15, 0.2) is 0 Å². The summed E-state index contributed by atoms with van der Waals surface area (Å²) in [6.45, 7) is 8.89. The van der Waals surface area contributed by atoms with Crippen LogP contribution in [-0.2, 0) is 4.79 Å². The van der Waals surface area contributed by atoms with Crippen molar-refractivity contribution in [3.63, 3.8) is 0 Å². The van der Waals surface area contributed by atoms with Crippen LogP contribution in [0.2, 0.25) is 0 Å². The molecule has 1 N–H and O–H groups in total. The second-order valence-electron chi connectivity index (χ2n) is 5.40. The highest BCUT2D eigenvalue weighted by Crippen LogP contribution is 2.12. The highest BCUT2D eigenvalue weighted by molar-refractivity contribution is 5.82. The molecule has 1 heterocycles. The maximum Gasteiger partial charge on any atom is 0.240 e. The van der Waals surface area contributed by atoms with Crippen molar-refractivity contribution in [1.29, 1.82) is 5.26 Å². The van der Waals surface area contributed by atoms with Gasteiger partial charge in [0.25, 0.3) is 0 Å². The molecule has 1 amide bonds. The summed E-state index contributed by atoms with van der Waals surface area (Å²) in [7, 11) is 0. The maximum atomic E-state index is 12.2. The quantitative estimate of drug-likeness (QED) is 0.803. The molecule has 4 heteroatoms. The van der Waals surface area contributed by atoms with Gasteiger partial charge in [0.1, 0.15) is 0 Å². The highest BCUT2D eigenvalue weighted by atomic mass is 16.2. The average molecular weight is 237 g/mol. The van der Waals surface area contributed by atoms with E-state index in [0.29, 0.717) is 11.8 Å². The van der Waals surface area contributed by atoms with E-state index in [-0.39, 0.29) is 18.4 Å². The molecule has 0 radical (unpaired) electrons. The molecule has 1 aliphatic heterocycles. The zero-order valence-electron chi connectivity index (χ0n) is 11.1. The van der Waals surface area contributed by atoms with Gasteiger partial charge in [-0.2, -0.15) is 5.26 Å². The second-order valence-corrected chi connectivity index (χ2v) is 5.40. The standard InChI is InChI=1S/C13H23N3O/c1-10(2)5-7-16-9-11(3)8-15-12(4-6-14)13(16)17/h10-12,15H,4-5,7-9H2,1-3H3. The van der Waals surface area contributed by atoms with Gasteiger partial charge in [0.05, 0.1) is 18.5 Å². The number of hydrogen-bond acceptors (Lipinski definition) is 3. The van der Waals surface area contributed by atoms with Gasteiger partial charge in [-0.25, -0.2) is 0 Å². The fraction of sp³-hybridized carbons (Fsp3) is 0.846. The average Bonchev–Trinajstić information content (AvgIpc) is 2.40. The Bertz CT molecular complexity index is 296. The first-order chi connectivity index (χ1) is 8.04. The van der Waals surface area contributed by atoms with Crippen molar-refractivity contribution in [2.45, 2.75) is 39.7 Å². The van der Waals surface area contributed by atoms with Crippen LogP contribution in [0.15, 0.2) is 0 Å². The topological polar surface area (TPSA) is 56.1 Å². The van der Waals surface area contributed by atoms with Gasteiger partial charge in [0.2, 0.25) is 5.91 Å². The minimum Gasteiger partial charge on any atom is -0.341 e. The first-order valence-electron chi connectivity index (χ1n) is 6.43. The van der Waals surface area contributed by atoms with Gasteiger partial charge in [-0.15, -0.1) is 0 Å². The van der Waals surface area contributed by atoms with Crippen molar-refractivity contribution >= 4 is 5.91 Å². The number of rotatable bonds is 4. The van der Waals surface area contributed by atoms with Gasteiger partial charge in [-0.05, 0) is 18.3 Å². The van der Waals surface area contributed by atoms with Crippen molar-refractivity contribution in [2.24, 2.45) is 11.8 Å². The van der Waals surface area contributed by atoms with E-state index < -0.39 is 0 Å². The molecule has 0 aliphatic carbocycles. The van der Waals surface area contributed by atoms with Gasteiger partial charge >= 0.3 is 0 Å². The number of carbonyl (C=O) groups is 1. The Labute approximate surface area is 104 Å². The largest absolute Gasteiger partial charge is 0.341 e. The minimum absolute atomic E-state index is 0.0940. The number of carbonyl (C=O) groups excluding carboxylic acids is 1. The second kappa shape index (κ2) is 6.61. The molecule has 2 atom stereocenters. The summed E-state index contributed by atoms with van der Waals surface area (Å²) in [5.41, 5.74) is 0. The molecule has 2 unspecified atom stereocenters.